The Kier molecular flexibility index (Phi) is 71.8. The molecule has 6 heteroatoms. The molecule has 2 unspecified atom stereocenters. The summed E-state index contributed by atoms with van der Waals surface area (Å²) in [4.78, 5) is 24.6. The number of carbonyl (C=O) groups is 2. The number of hydrogen-bond donors (Lipinski definition) is 3. The summed E-state index contributed by atoms with van der Waals surface area (Å²) in [6.45, 7) is 4.96. The highest BCUT2D eigenvalue weighted by molar-refractivity contribution is 5.76. The minimum atomic E-state index is -0.843. The monoisotopic (exact) mass is 1170 g/mol. The van der Waals surface area contributed by atoms with Gasteiger partial charge in [0.25, 0.3) is 0 Å². The van der Waals surface area contributed by atoms with Crippen molar-refractivity contribution in [1.29, 1.82) is 0 Å². The number of aliphatic hydroxyl groups is 2. The number of unbranched alkanes of at least 4 members (excludes halogenated alkanes) is 62. The molecule has 83 heavy (non-hydrogen) atoms. The van der Waals surface area contributed by atoms with Gasteiger partial charge in [-0.15, -0.1) is 0 Å². The maximum Gasteiger partial charge on any atom is 0.305 e. The van der Waals surface area contributed by atoms with Crippen molar-refractivity contribution < 1.29 is 24.5 Å². The second-order valence-electron chi connectivity index (χ2n) is 26.7. The molecule has 0 saturated heterocycles. The van der Waals surface area contributed by atoms with E-state index in [4.69, 9.17) is 4.74 Å². The van der Waals surface area contributed by atoms with Crippen LogP contribution in [0.1, 0.15) is 444 Å². The Balaban J connectivity index is 3.36. The maximum atomic E-state index is 12.6. The molecule has 0 aliphatic heterocycles. The number of esters is 1. The largest absolute Gasteiger partial charge is 0.466 e. The predicted octanol–water partition coefficient (Wildman–Crippen LogP) is 25.1. The molecule has 0 radical (unpaired) electrons. The molecule has 3 N–H and O–H groups in total. The lowest BCUT2D eigenvalue weighted by molar-refractivity contribution is -0.143. The van der Waals surface area contributed by atoms with Gasteiger partial charge in [0, 0.05) is 12.8 Å². The Bertz CT molecular complexity index is 1260. The number of hydrogen-bond acceptors (Lipinski definition) is 5. The van der Waals surface area contributed by atoms with Crippen molar-refractivity contribution in [3.63, 3.8) is 0 Å². The van der Waals surface area contributed by atoms with Crippen LogP contribution in [0.4, 0.5) is 0 Å². The van der Waals surface area contributed by atoms with Gasteiger partial charge in [-0.3, -0.25) is 9.59 Å². The first-order chi connectivity index (χ1) is 41.0. The second kappa shape index (κ2) is 73.1. The number of ether oxygens (including phenoxy) is 1. The van der Waals surface area contributed by atoms with Crippen molar-refractivity contribution in [3.8, 4) is 0 Å². The van der Waals surface area contributed by atoms with Gasteiger partial charge >= 0.3 is 5.97 Å². The fourth-order valence-electron chi connectivity index (χ4n) is 12.5. The van der Waals surface area contributed by atoms with Gasteiger partial charge in [0.2, 0.25) is 5.91 Å². The molecule has 0 aromatic carbocycles. The lowest BCUT2D eigenvalue weighted by Crippen LogP contribution is -2.45. The Morgan fingerprint density at radius 1 is 0.325 bits per heavy atom. The van der Waals surface area contributed by atoms with E-state index in [9.17, 15) is 19.8 Å². The minimum absolute atomic E-state index is 0.0206. The molecule has 0 bridgehead atoms. The second-order valence-corrected chi connectivity index (χ2v) is 26.7. The zero-order valence-corrected chi connectivity index (χ0v) is 56.7. The normalized spacial score (nSPS) is 12.5. The van der Waals surface area contributed by atoms with Gasteiger partial charge in [-0.2, -0.15) is 0 Å². The lowest BCUT2D eigenvalue weighted by Gasteiger charge is -2.20. The number of amides is 1. The molecule has 0 aliphatic carbocycles. The lowest BCUT2D eigenvalue weighted by atomic mass is 10.0. The molecule has 0 spiro atoms. The first-order valence-electron chi connectivity index (χ1n) is 38.5. The maximum absolute atomic E-state index is 12.6. The van der Waals surface area contributed by atoms with E-state index in [0.717, 1.165) is 38.5 Å². The summed E-state index contributed by atoms with van der Waals surface area (Å²) in [6.07, 6.45) is 91.8. The Labute approximate surface area is 520 Å². The fraction of sp³-hybridized carbons (Fsp3) is 0.948. The highest BCUT2D eigenvalue weighted by atomic mass is 16.5. The smallest absolute Gasteiger partial charge is 0.305 e. The standard InChI is InChI=1S/C77H151NO5/c1-3-5-7-9-11-13-15-16-17-18-19-20-21-28-31-34-37-40-43-46-50-53-57-61-65-69-75(80)74(73-79)78-76(81)70-66-62-58-54-51-47-44-41-38-35-32-29-26-24-22-23-25-27-30-33-36-39-42-45-48-52-56-60-64-68-72-83-77(82)71-67-63-59-55-49-14-12-10-8-6-4-2/h65,69,74-75,79-80H,3-64,66-68,70-73H2,1-2H3,(H,78,81)/b69-65+. The van der Waals surface area contributed by atoms with Crippen molar-refractivity contribution in [2.24, 2.45) is 0 Å². The molecule has 494 valence electrons. The Hall–Kier alpha value is -1.40. The van der Waals surface area contributed by atoms with Crippen molar-refractivity contribution in [2.75, 3.05) is 13.2 Å². The van der Waals surface area contributed by atoms with Gasteiger partial charge in [0.15, 0.2) is 0 Å². The molecule has 0 aromatic heterocycles. The number of nitrogens with one attached hydrogen (secondary N) is 1. The van der Waals surface area contributed by atoms with E-state index in [-0.39, 0.29) is 18.5 Å². The topological polar surface area (TPSA) is 95.9 Å². The molecule has 0 heterocycles. The number of rotatable bonds is 73. The first-order valence-corrected chi connectivity index (χ1v) is 38.5. The summed E-state index contributed by atoms with van der Waals surface area (Å²) < 4.78 is 5.48. The van der Waals surface area contributed by atoms with Crippen LogP contribution in [0.5, 0.6) is 0 Å². The van der Waals surface area contributed by atoms with Crippen LogP contribution in [-0.2, 0) is 14.3 Å². The summed E-state index contributed by atoms with van der Waals surface area (Å²) in [5.41, 5.74) is 0. The number of carbonyl (C=O) groups excluding carboxylic acids is 2. The minimum Gasteiger partial charge on any atom is -0.466 e. The SMILES string of the molecule is CCCCCCCCCCCCCCCCCCCCCCCCC/C=C/C(O)C(CO)NC(=O)CCCCCCCCCCCCCCCCCCCCCCCCCCCCCCCCOC(=O)CCCCCCCCCCCCC. The van der Waals surface area contributed by atoms with Crippen molar-refractivity contribution in [1.82, 2.24) is 5.32 Å². The van der Waals surface area contributed by atoms with E-state index in [1.807, 2.05) is 6.08 Å². The van der Waals surface area contributed by atoms with Crippen molar-refractivity contribution >= 4 is 11.9 Å². The summed E-state index contributed by atoms with van der Waals surface area (Å²) in [5, 5.41) is 23.3. The quantitative estimate of drug-likeness (QED) is 0.0320. The van der Waals surface area contributed by atoms with Crippen LogP contribution in [0.3, 0.4) is 0 Å². The van der Waals surface area contributed by atoms with Gasteiger partial charge in [-0.1, -0.05) is 411 Å². The summed E-state index contributed by atoms with van der Waals surface area (Å²) in [6, 6.07) is -0.626. The van der Waals surface area contributed by atoms with E-state index >= 15 is 0 Å². The molecular weight excluding hydrogens is 1020 g/mol. The van der Waals surface area contributed by atoms with E-state index in [1.54, 1.807) is 6.08 Å². The highest BCUT2D eigenvalue weighted by Gasteiger charge is 2.18. The average molecular weight is 1170 g/mol. The molecular formula is C77H151NO5. The van der Waals surface area contributed by atoms with Gasteiger partial charge < -0.3 is 20.3 Å². The third kappa shape index (κ3) is 69.6. The van der Waals surface area contributed by atoms with Crippen molar-refractivity contribution in [3.05, 3.63) is 12.2 Å². The summed E-state index contributed by atoms with van der Waals surface area (Å²) in [7, 11) is 0. The van der Waals surface area contributed by atoms with Crippen LogP contribution >= 0.6 is 0 Å². The molecule has 1 amide bonds. The van der Waals surface area contributed by atoms with Crippen LogP contribution in [-0.4, -0.2) is 47.4 Å². The third-order valence-electron chi connectivity index (χ3n) is 18.3. The average Bonchev–Trinajstić information content (AvgIpc) is 3.50. The van der Waals surface area contributed by atoms with E-state index in [2.05, 4.69) is 19.2 Å². The Morgan fingerprint density at radius 3 is 0.819 bits per heavy atom. The first kappa shape index (κ1) is 81.6. The van der Waals surface area contributed by atoms with Crippen LogP contribution < -0.4 is 5.32 Å². The molecule has 0 fully saturated rings. The molecule has 0 aromatic rings. The van der Waals surface area contributed by atoms with E-state index in [0.29, 0.717) is 19.4 Å². The third-order valence-corrected chi connectivity index (χ3v) is 18.3. The fourth-order valence-corrected chi connectivity index (χ4v) is 12.5. The van der Waals surface area contributed by atoms with Gasteiger partial charge in [0.05, 0.1) is 25.4 Å². The highest BCUT2D eigenvalue weighted by Crippen LogP contribution is 2.20. The van der Waals surface area contributed by atoms with E-state index in [1.165, 1.54) is 379 Å². The Morgan fingerprint density at radius 2 is 0.554 bits per heavy atom. The molecule has 0 aliphatic rings. The van der Waals surface area contributed by atoms with Gasteiger partial charge in [-0.05, 0) is 32.1 Å². The number of aliphatic hydroxyl groups excluding tert-OH is 2. The van der Waals surface area contributed by atoms with Crippen molar-refractivity contribution in [2.45, 2.75) is 456 Å². The molecule has 0 saturated carbocycles. The van der Waals surface area contributed by atoms with Crippen LogP contribution in [0.2, 0.25) is 0 Å². The summed E-state index contributed by atoms with van der Waals surface area (Å²) in [5.74, 6) is -0.0377. The predicted molar refractivity (Wildman–Crippen MR) is 366 cm³/mol. The molecule has 0 rings (SSSR count). The van der Waals surface area contributed by atoms with Gasteiger partial charge in [-0.25, -0.2) is 0 Å². The van der Waals surface area contributed by atoms with Crippen LogP contribution in [0.25, 0.3) is 0 Å². The zero-order valence-electron chi connectivity index (χ0n) is 56.7. The molecule has 2 atom stereocenters. The van der Waals surface area contributed by atoms with Gasteiger partial charge in [0.1, 0.15) is 0 Å². The summed E-state index contributed by atoms with van der Waals surface area (Å²) >= 11 is 0. The van der Waals surface area contributed by atoms with E-state index < -0.39 is 12.1 Å². The zero-order chi connectivity index (χ0) is 59.9. The molecule has 6 nitrogen and oxygen atoms in total. The van der Waals surface area contributed by atoms with Crippen LogP contribution in [0, 0.1) is 0 Å². The van der Waals surface area contributed by atoms with Crippen LogP contribution in [0.15, 0.2) is 12.2 Å². The number of allylic oxidation sites excluding steroid dienone is 1.